The predicted molar refractivity (Wildman–Crippen MR) is 114 cm³/mol. The Bertz CT molecular complexity index is 901. The van der Waals surface area contributed by atoms with Crippen molar-refractivity contribution in [1.29, 1.82) is 0 Å². The first-order valence-corrected chi connectivity index (χ1v) is 11.2. The number of quaternary nitrogens is 1. The number of nitrogens with zero attached hydrogens (tertiary/aromatic N) is 2. The van der Waals surface area contributed by atoms with Gasteiger partial charge < -0.3 is 14.5 Å². The van der Waals surface area contributed by atoms with Crippen molar-refractivity contribution in [2.45, 2.75) is 11.4 Å². The largest absolute Gasteiger partial charge is 0.497 e. The number of carbonyl (C=O) groups is 1. The fourth-order valence-electron chi connectivity index (χ4n) is 3.37. The molecule has 1 amide bonds. The topological polar surface area (TPSA) is 46.9 Å². The molecule has 1 aromatic heterocycles. The first-order valence-electron chi connectivity index (χ1n) is 9.44. The van der Waals surface area contributed by atoms with Gasteiger partial charge in [0, 0.05) is 4.90 Å². The van der Waals surface area contributed by atoms with E-state index in [1.165, 1.54) is 14.6 Å². The summed E-state index contributed by atoms with van der Waals surface area (Å²) >= 11 is 3.37. The highest BCUT2D eigenvalue weighted by Crippen LogP contribution is 2.22. The fourth-order valence-corrected chi connectivity index (χ4v) is 5.21. The Morgan fingerprint density at radius 1 is 1.18 bits per heavy atom. The molecule has 0 aliphatic carbocycles. The summed E-state index contributed by atoms with van der Waals surface area (Å²) in [5.41, 5.74) is 1.09. The van der Waals surface area contributed by atoms with Crippen LogP contribution in [0.15, 0.2) is 53.4 Å². The van der Waals surface area contributed by atoms with Crippen molar-refractivity contribution >= 4 is 39.2 Å². The van der Waals surface area contributed by atoms with Gasteiger partial charge in [-0.2, -0.15) is 0 Å². The minimum atomic E-state index is 0.222. The number of carbonyl (C=O) groups excluding carboxylic acids is 1. The van der Waals surface area contributed by atoms with Crippen LogP contribution >= 0.6 is 23.1 Å². The molecule has 3 aromatic rings. The maximum absolute atomic E-state index is 12.5. The van der Waals surface area contributed by atoms with E-state index in [-0.39, 0.29) is 5.91 Å². The second-order valence-electron chi connectivity index (χ2n) is 6.85. The highest BCUT2D eigenvalue weighted by molar-refractivity contribution is 8.00. The molecule has 7 heteroatoms. The Balaban J connectivity index is 1.24. The number of para-hydroxylation sites is 1. The van der Waals surface area contributed by atoms with Gasteiger partial charge in [0.2, 0.25) is 5.91 Å². The summed E-state index contributed by atoms with van der Waals surface area (Å²) in [6.45, 7) is 4.55. The number of hydrogen-bond acceptors (Lipinski definition) is 5. The molecule has 0 saturated carbocycles. The lowest BCUT2D eigenvalue weighted by atomic mass is 10.3. The van der Waals surface area contributed by atoms with Crippen LogP contribution in [0.4, 0.5) is 0 Å². The zero-order valence-electron chi connectivity index (χ0n) is 15.9. The Morgan fingerprint density at radius 3 is 2.64 bits per heavy atom. The van der Waals surface area contributed by atoms with Gasteiger partial charge >= 0.3 is 0 Å². The number of hydrogen-bond donors (Lipinski definition) is 1. The van der Waals surface area contributed by atoms with Crippen LogP contribution in [0.1, 0.15) is 5.01 Å². The average molecular weight is 415 g/mol. The van der Waals surface area contributed by atoms with Crippen molar-refractivity contribution in [2.75, 3.05) is 39.0 Å². The normalized spacial score (nSPS) is 15.1. The quantitative estimate of drug-likeness (QED) is 0.629. The van der Waals surface area contributed by atoms with Crippen LogP contribution in [0, 0.1) is 0 Å². The molecule has 146 valence electrons. The van der Waals surface area contributed by atoms with E-state index < -0.39 is 0 Å². The number of benzene rings is 2. The molecule has 0 bridgehead atoms. The van der Waals surface area contributed by atoms with Crippen LogP contribution in [0.25, 0.3) is 10.2 Å². The minimum absolute atomic E-state index is 0.222. The Hall–Kier alpha value is -2.09. The molecular formula is C21H24N3O2S2+. The molecule has 4 rings (SSSR count). The van der Waals surface area contributed by atoms with Gasteiger partial charge in [-0.05, 0) is 36.4 Å². The number of amides is 1. The second kappa shape index (κ2) is 8.94. The zero-order chi connectivity index (χ0) is 19.3. The molecule has 1 aliphatic rings. The highest BCUT2D eigenvalue weighted by atomic mass is 32.2. The Labute approximate surface area is 173 Å². The summed E-state index contributed by atoms with van der Waals surface area (Å²) in [4.78, 5) is 21.9. The molecule has 1 fully saturated rings. The fraction of sp³-hybridized carbons (Fsp3) is 0.333. The zero-order valence-corrected chi connectivity index (χ0v) is 17.5. The second-order valence-corrected chi connectivity index (χ2v) is 9.01. The maximum Gasteiger partial charge on any atom is 0.233 e. The van der Waals surface area contributed by atoms with Gasteiger partial charge in [-0.15, -0.1) is 23.1 Å². The van der Waals surface area contributed by atoms with Gasteiger partial charge in [-0.3, -0.25) is 4.79 Å². The van der Waals surface area contributed by atoms with Crippen molar-refractivity contribution < 1.29 is 14.4 Å². The molecule has 5 nitrogen and oxygen atoms in total. The molecule has 28 heavy (non-hydrogen) atoms. The lowest BCUT2D eigenvalue weighted by Crippen LogP contribution is -3.13. The van der Waals surface area contributed by atoms with Crippen LogP contribution in [-0.2, 0) is 11.3 Å². The van der Waals surface area contributed by atoms with Gasteiger partial charge in [0.1, 0.15) is 17.3 Å². The van der Waals surface area contributed by atoms with Crippen molar-refractivity contribution in [3.8, 4) is 5.75 Å². The van der Waals surface area contributed by atoms with E-state index in [2.05, 4.69) is 18.2 Å². The van der Waals surface area contributed by atoms with Crippen LogP contribution in [-0.4, -0.2) is 54.8 Å². The third-order valence-electron chi connectivity index (χ3n) is 4.98. The van der Waals surface area contributed by atoms with E-state index in [0.717, 1.165) is 48.9 Å². The Kier molecular flexibility index (Phi) is 6.14. The van der Waals surface area contributed by atoms with E-state index in [9.17, 15) is 4.79 Å². The first-order chi connectivity index (χ1) is 13.7. The molecule has 0 radical (unpaired) electrons. The molecule has 0 unspecified atom stereocenters. The summed E-state index contributed by atoms with van der Waals surface area (Å²) < 4.78 is 6.42. The molecule has 2 heterocycles. The number of piperazine rings is 1. The molecule has 0 spiro atoms. The van der Waals surface area contributed by atoms with Crippen molar-refractivity contribution in [3.05, 3.63) is 53.5 Å². The standard InChI is InChI=1S/C21H23N3O2S2/c1-26-16-6-8-17(9-7-16)27-15-21(25)24-12-10-23(11-13-24)14-20-22-18-4-2-3-5-19(18)28-20/h2-9H,10-15H2,1H3/p+1. The third-order valence-corrected chi connectivity index (χ3v) is 7.02. The third kappa shape index (κ3) is 4.66. The molecule has 1 aliphatic heterocycles. The molecule has 1 N–H and O–H groups in total. The van der Waals surface area contributed by atoms with E-state index in [1.807, 2.05) is 35.2 Å². The van der Waals surface area contributed by atoms with E-state index >= 15 is 0 Å². The monoisotopic (exact) mass is 414 g/mol. The molecule has 0 atom stereocenters. The number of methoxy groups -OCH3 is 1. The van der Waals surface area contributed by atoms with E-state index in [0.29, 0.717) is 5.75 Å². The van der Waals surface area contributed by atoms with Gasteiger partial charge in [-0.1, -0.05) is 12.1 Å². The van der Waals surface area contributed by atoms with Crippen LogP contribution in [0.2, 0.25) is 0 Å². The van der Waals surface area contributed by atoms with Crippen LogP contribution in [0.5, 0.6) is 5.75 Å². The molecule has 2 aromatic carbocycles. The number of ether oxygens (including phenoxy) is 1. The van der Waals surface area contributed by atoms with Crippen LogP contribution in [0.3, 0.4) is 0 Å². The molecular weight excluding hydrogens is 390 g/mol. The Morgan fingerprint density at radius 2 is 1.93 bits per heavy atom. The van der Waals surface area contributed by atoms with Gasteiger partial charge in [0.05, 0.1) is 49.3 Å². The first kappa shape index (κ1) is 19.2. The highest BCUT2D eigenvalue weighted by Gasteiger charge is 2.24. The number of fused-ring (bicyclic) bond motifs is 1. The van der Waals surface area contributed by atoms with Crippen LogP contribution < -0.4 is 9.64 Å². The number of rotatable bonds is 6. The maximum atomic E-state index is 12.5. The number of aromatic nitrogens is 1. The van der Waals surface area contributed by atoms with E-state index in [4.69, 9.17) is 9.72 Å². The number of nitrogens with one attached hydrogen (secondary N) is 1. The minimum Gasteiger partial charge on any atom is -0.497 e. The summed E-state index contributed by atoms with van der Waals surface area (Å²) in [5, 5.41) is 1.19. The van der Waals surface area contributed by atoms with Gasteiger partial charge in [0.15, 0.2) is 0 Å². The summed E-state index contributed by atoms with van der Waals surface area (Å²) in [5.74, 6) is 1.54. The lowest BCUT2D eigenvalue weighted by molar-refractivity contribution is -0.917. The smallest absolute Gasteiger partial charge is 0.233 e. The van der Waals surface area contributed by atoms with Gasteiger partial charge in [0.25, 0.3) is 0 Å². The van der Waals surface area contributed by atoms with E-state index in [1.54, 1.807) is 30.2 Å². The van der Waals surface area contributed by atoms with Crippen molar-refractivity contribution in [1.82, 2.24) is 9.88 Å². The predicted octanol–water partition coefficient (Wildman–Crippen LogP) is 2.32. The summed E-state index contributed by atoms with van der Waals surface area (Å²) in [6, 6.07) is 16.1. The SMILES string of the molecule is COc1ccc(SCC(=O)N2CC[NH+](Cc3nc4ccccc4s3)CC2)cc1. The average Bonchev–Trinajstić information content (AvgIpc) is 3.15. The lowest BCUT2D eigenvalue weighted by Gasteiger charge is -2.31. The summed E-state index contributed by atoms with van der Waals surface area (Å²) in [6.07, 6.45) is 0. The number of thioether (sulfide) groups is 1. The van der Waals surface area contributed by atoms with Gasteiger partial charge in [-0.25, -0.2) is 4.98 Å². The summed E-state index contributed by atoms with van der Waals surface area (Å²) in [7, 11) is 1.66. The molecule has 1 saturated heterocycles. The van der Waals surface area contributed by atoms with Crippen molar-refractivity contribution in [3.63, 3.8) is 0 Å². The number of thiazole rings is 1. The van der Waals surface area contributed by atoms with Crippen molar-refractivity contribution in [2.24, 2.45) is 0 Å².